The van der Waals surface area contributed by atoms with E-state index < -0.39 is 5.97 Å². The summed E-state index contributed by atoms with van der Waals surface area (Å²) < 4.78 is 14.1. The normalized spacial score (nSPS) is 18.8. The molecule has 9 heteroatoms. The molecular weight excluding hydrogens is 498 g/mol. The third-order valence-electron chi connectivity index (χ3n) is 8.04. The van der Waals surface area contributed by atoms with Crippen molar-refractivity contribution in [2.75, 3.05) is 13.2 Å². The lowest BCUT2D eigenvalue weighted by atomic mass is 9.78. The summed E-state index contributed by atoms with van der Waals surface area (Å²) in [7, 11) is 1.61. The van der Waals surface area contributed by atoms with Crippen LogP contribution in [0, 0.1) is 12.8 Å². The summed E-state index contributed by atoms with van der Waals surface area (Å²) in [5, 5.41) is 9.45. The molecule has 2 aromatic carbocycles. The van der Waals surface area contributed by atoms with Crippen molar-refractivity contribution in [1.82, 2.24) is 14.0 Å². The first-order valence-electron chi connectivity index (χ1n) is 13.4. The van der Waals surface area contributed by atoms with Crippen LogP contribution >= 0.6 is 0 Å². The Labute approximate surface area is 227 Å². The largest absolute Gasteiger partial charge is 0.493 e. The van der Waals surface area contributed by atoms with Crippen LogP contribution in [-0.2, 0) is 31.4 Å². The molecule has 9 nitrogen and oxygen atoms in total. The van der Waals surface area contributed by atoms with Gasteiger partial charge < -0.3 is 19.1 Å². The van der Waals surface area contributed by atoms with E-state index in [0.29, 0.717) is 31.7 Å². The molecule has 39 heavy (non-hydrogen) atoms. The summed E-state index contributed by atoms with van der Waals surface area (Å²) in [6.07, 6.45) is 3.66. The second-order valence-corrected chi connectivity index (χ2v) is 10.6. The number of ether oxygens (including phenoxy) is 2. The van der Waals surface area contributed by atoms with Gasteiger partial charge in [0.1, 0.15) is 18.1 Å². The highest BCUT2D eigenvalue weighted by atomic mass is 16.5. The van der Waals surface area contributed by atoms with Crippen molar-refractivity contribution in [2.24, 2.45) is 13.0 Å². The van der Waals surface area contributed by atoms with Gasteiger partial charge in [0.15, 0.2) is 0 Å². The highest BCUT2D eigenvalue weighted by Crippen LogP contribution is 2.39. The molecule has 1 aliphatic carbocycles. The molecule has 1 atom stereocenters. The highest BCUT2D eigenvalue weighted by molar-refractivity contribution is 5.71. The van der Waals surface area contributed by atoms with Crippen molar-refractivity contribution in [2.45, 2.75) is 58.3 Å². The fourth-order valence-corrected chi connectivity index (χ4v) is 5.55. The fraction of sp³-hybridized carbons (Fsp3) is 0.433. The number of hydrogen-bond donors (Lipinski definition) is 1. The van der Waals surface area contributed by atoms with Crippen molar-refractivity contribution in [3.63, 3.8) is 0 Å². The lowest BCUT2D eigenvalue weighted by Gasteiger charge is -2.44. The molecule has 1 aliphatic heterocycles. The molecule has 1 aromatic heterocycles. The van der Waals surface area contributed by atoms with Gasteiger partial charge in [-0.15, -0.1) is 0 Å². The molecule has 2 aliphatic rings. The second kappa shape index (κ2) is 11.1. The van der Waals surface area contributed by atoms with E-state index in [1.807, 2.05) is 25.1 Å². The molecule has 3 aromatic rings. The van der Waals surface area contributed by atoms with E-state index in [1.165, 1.54) is 28.0 Å². The summed E-state index contributed by atoms with van der Waals surface area (Å²) in [5.41, 5.74) is 3.79. The second-order valence-electron chi connectivity index (χ2n) is 10.6. The SMILES string of the molecule is Cc1cc(CN(C2CC(C(=O)O)C2)C(C)c2ccc3c(c2)CCO3)ccc1OCCn1c(=O)ccn(C)c1=O. The Kier molecular flexibility index (Phi) is 7.61. The highest BCUT2D eigenvalue weighted by Gasteiger charge is 2.40. The van der Waals surface area contributed by atoms with Crippen LogP contribution in [-0.4, -0.2) is 44.4 Å². The van der Waals surface area contributed by atoms with Crippen LogP contribution in [0.25, 0.3) is 0 Å². The number of hydrogen-bond acceptors (Lipinski definition) is 6. The van der Waals surface area contributed by atoms with Crippen LogP contribution in [0.3, 0.4) is 0 Å². The first kappa shape index (κ1) is 26.7. The summed E-state index contributed by atoms with van der Waals surface area (Å²) in [6.45, 7) is 5.92. The van der Waals surface area contributed by atoms with Crippen LogP contribution in [0.2, 0.25) is 0 Å². The van der Waals surface area contributed by atoms with E-state index in [-0.39, 0.29) is 42.4 Å². The zero-order valence-electron chi connectivity index (χ0n) is 22.6. The van der Waals surface area contributed by atoms with Gasteiger partial charge in [-0.2, -0.15) is 0 Å². The van der Waals surface area contributed by atoms with Gasteiger partial charge in [-0.1, -0.05) is 24.3 Å². The maximum absolute atomic E-state index is 12.2. The van der Waals surface area contributed by atoms with Gasteiger partial charge in [-0.3, -0.25) is 19.1 Å². The van der Waals surface area contributed by atoms with Crippen LogP contribution < -0.4 is 20.7 Å². The maximum Gasteiger partial charge on any atom is 0.330 e. The zero-order chi connectivity index (χ0) is 27.7. The van der Waals surface area contributed by atoms with E-state index >= 15 is 0 Å². The van der Waals surface area contributed by atoms with Crippen LogP contribution in [0.4, 0.5) is 0 Å². The lowest BCUT2D eigenvalue weighted by Crippen LogP contribution is -2.47. The number of aromatic nitrogens is 2. The predicted molar refractivity (Wildman–Crippen MR) is 146 cm³/mol. The minimum atomic E-state index is -0.721. The van der Waals surface area contributed by atoms with Crippen molar-refractivity contribution in [3.8, 4) is 11.5 Å². The minimum Gasteiger partial charge on any atom is -0.493 e. The van der Waals surface area contributed by atoms with E-state index in [2.05, 4.69) is 30.0 Å². The van der Waals surface area contributed by atoms with Gasteiger partial charge in [0.05, 0.1) is 19.1 Å². The van der Waals surface area contributed by atoms with E-state index in [0.717, 1.165) is 27.9 Å². The smallest absolute Gasteiger partial charge is 0.330 e. The van der Waals surface area contributed by atoms with E-state index in [4.69, 9.17) is 9.47 Å². The molecule has 0 spiro atoms. The third kappa shape index (κ3) is 5.63. The number of aryl methyl sites for hydroxylation is 2. The van der Waals surface area contributed by atoms with E-state index in [1.54, 1.807) is 7.05 Å². The van der Waals surface area contributed by atoms with Crippen molar-refractivity contribution in [1.29, 1.82) is 0 Å². The lowest BCUT2D eigenvalue weighted by molar-refractivity contribution is -0.147. The number of rotatable bonds is 10. The van der Waals surface area contributed by atoms with Gasteiger partial charge in [-0.05, 0) is 61.1 Å². The molecule has 5 rings (SSSR count). The number of carboxylic acids is 1. The topological polar surface area (TPSA) is 103 Å². The Morgan fingerprint density at radius 2 is 1.97 bits per heavy atom. The Morgan fingerprint density at radius 1 is 1.18 bits per heavy atom. The summed E-state index contributed by atoms with van der Waals surface area (Å²) in [5.74, 6) is 0.647. The molecule has 0 saturated heterocycles. The third-order valence-corrected chi connectivity index (χ3v) is 8.04. The Bertz CT molecular complexity index is 1490. The molecule has 1 fully saturated rings. The molecule has 1 N–H and O–H groups in total. The number of benzene rings is 2. The van der Waals surface area contributed by atoms with Crippen LogP contribution in [0.15, 0.2) is 58.3 Å². The van der Waals surface area contributed by atoms with Crippen LogP contribution in [0.5, 0.6) is 11.5 Å². The number of aliphatic carboxylic acids is 1. The average Bonchev–Trinajstić information content (AvgIpc) is 3.35. The molecular formula is C30H35N3O6. The number of fused-ring (bicyclic) bond motifs is 1. The zero-order valence-corrected chi connectivity index (χ0v) is 22.6. The fourth-order valence-electron chi connectivity index (χ4n) is 5.55. The van der Waals surface area contributed by atoms with Gasteiger partial charge in [0, 0.05) is 44.4 Å². The first-order valence-corrected chi connectivity index (χ1v) is 13.4. The predicted octanol–water partition coefficient (Wildman–Crippen LogP) is 3.30. The number of nitrogens with zero attached hydrogens (tertiary/aromatic N) is 3. The average molecular weight is 534 g/mol. The van der Waals surface area contributed by atoms with Crippen molar-refractivity contribution in [3.05, 3.63) is 91.8 Å². The molecule has 0 bridgehead atoms. The van der Waals surface area contributed by atoms with E-state index in [9.17, 15) is 19.5 Å². The molecule has 2 heterocycles. The van der Waals surface area contributed by atoms with Crippen molar-refractivity contribution < 1.29 is 19.4 Å². The Hall–Kier alpha value is -3.85. The van der Waals surface area contributed by atoms with Crippen LogP contribution in [0.1, 0.15) is 48.1 Å². The molecule has 0 amide bonds. The number of carboxylic acid groups (broad SMARTS) is 1. The summed E-state index contributed by atoms with van der Waals surface area (Å²) >= 11 is 0. The minimum absolute atomic E-state index is 0.110. The standard InChI is InChI=1S/C30H35N3O6/c1-19-14-21(4-6-26(19)39-13-11-32-28(34)8-10-31(3)30(32)37)18-33(25-16-24(17-25)29(35)36)20(2)22-5-7-27-23(15-22)9-12-38-27/h4-8,10,14-15,20,24-25H,9,11-13,16-18H2,1-3H3,(H,35,36). The summed E-state index contributed by atoms with van der Waals surface area (Å²) in [6, 6.07) is 14.1. The quantitative estimate of drug-likeness (QED) is 0.427. The van der Waals surface area contributed by atoms with Crippen molar-refractivity contribution >= 4 is 5.97 Å². The number of carbonyl (C=O) groups is 1. The Balaban J connectivity index is 1.29. The maximum atomic E-state index is 12.2. The van der Waals surface area contributed by atoms with Gasteiger partial charge >= 0.3 is 11.7 Å². The molecule has 0 radical (unpaired) electrons. The monoisotopic (exact) mass is 533 g/mol. The molecule has 1 unspecified atom stereocenters. The van der Waals surface area contributed by atoms with Gasteiger partial charge in [0.25, 0.3) is 5.56 Å². The van der Waals surface area contributed by atoms with Gasteiger partial charge in [0.2, 0.25) is 0 Å². The molecule has 206 valence electrons. The van der Waals surface area contributed by atoms with Gasteiger partial charge in [-0.25, -0.2) is 4.79 Å². The molecule has 1 saturated carbocycles. The first-order chi connectivity index (χ1) is 18.7. The Morgan fingerprint density at radius 3 is 2.72 bits per heavy atom. The summed E-state index contributed by atoms with van der Waals surface area (Å²) in [4.78, 5) is 38.2.